The molecule has 0 unspecified atom stereocenters. The van der Waals surface area contributed by atoms with E-state index in [0.29, 0.717) is 12.6 Å². The van der Waals surface area contributed by atoms with Crippen molar-refractivity contribution in [1.29, 1.82) is 0 Å². The summed E-state index contributed by atoms with van der Waals surface area (Å²) in [6.07, 6.45) is 2.43. The summed E-state index contributed by atoms with van der Waals surface area (Å²) in [5.41, 5.74) is 2.84. The Labute approximate surface area is 163 Å². The molecule has 0 aliphatic carbocycles. The van der Waals surface area contributed by atoms with Crippen molar-refractivity contribution < 1.29 is 9.21 Å². The van der Waals surface area contributed by atoms with E-state index >= 15 is 0 Å². The summed E-state index contributed by atoms with van der Waals surface area (Å²) in [5.74, 6) is 0.192. The van der Waals surface area contributed by atoms with Gasteiger partial charge in [0.25, 0.3) is 6.01 Å². The fraction of sp³-hybridized carbons (Fsp3) is 0.333. The Balaban J connectivity index is 1.25. The van der Waals surface area contributed by atoms with E-state index < -0.39 is 0 Å². The second kappa shape index (κ2) is 8.01. The van der Waals surface area contributed by atoms with Crippen molar-refractivity contribution in [2.45, 2.75) is 19.3 Å². The van der Waals surface area contributed by atoms with E-state index in [-0.39, 0.29) is 11.8 Å². The van der Waals surface area contributed by atoms with E-state index in [0.717, 1.165) is 48.5 Å². The zero-order chi connectivity index (χ0) is 18.6. The number of para-hydroxylation sites is 2. The predicted octanol–water partition coefficient (Wildman–Crippen LogP) is 4.06. The number of halogens is 1. The van der Waals surface area contributed by atoms with Crippen molar-refractivity contribution in [3.8, 4) is 0 Å². The van der Waals surface area contributed by atoms with Crippen LogP contribution in [0.4, 0.5) is 6.01 Å². The molecule has 0 spiro atoms. The number of benzene rings is 2. The standard InChI is InChI=1S/C21H22ClN3O2/c22-17-7-5-15(6-8-17)9-12-23-20(26)16-10-13-25(14-11-16)21-24-18-3-1-2-4-19(18)27-21/h1-8,16H,9-14H2,(H,23,26). The summed E-state index contributed by atoms with van der Waals surface area (Å²) in [6.45, 7) is 2.20. The van der Waals surface area contributed by atoms with Crippen LogP contribution in [0.5, 0.6) is 0 Å². The summed E-state index contributed by atoms with van der Waals surface area (Å²) in [6, 6.07) is 16.2. The van der Waals surface area contributed by atoms with Gasteiger partial charge in [0, 0.05) is 30.6 Å². The number of amides is 1. The molecule has 1 fully saturated rings. The monoisotopic (exact) mass is 383 g/mol. The van der Waals surface area contributed by atoms with Gasteiger partial charge in [-0.1, -0.05) is 35.9 Å². The first-order valence-electron chi connectivity index (χ1n) is 9.32. The average molecular weight is 384 g/mol. The minimum atomic E-state index is 0.0517. The van der Waals surface area contributed by atoms with Crippen molar-refractivity contribution in [2.24, 2.45) is 5.92 Å². The number of fused-ring (bicyclic) bond motifs is 1. The highest BCUT2D eigenvalue weighted by atomic mass is 35.5. The molecular formula is C21H22ClN3O2. The third-order valence-corrected chi connectivity index (χ3v) is 5.30. The zero-order valence-electron chi connectivity index (χ0n) is 15.0. The molecule has 2 aromatic carbocycles. The summed E-state index contributed by atoms with van der Waals surface area (Å²) in [7, 11) is 0. The minimum absolute atomic E-state index is 0.0517. The van der Waals surface area contributed by atoms with Gasteiger partial charge >= 0.3 is 0 Å². The van der Waals surface area contributed by atoms with Gasteiger partial charge in [-0.3, -0.25) is 4.79 Å². The quantitative estimate of drug-likeness (QED) is 0.721. The van der Waals surface area contributed by atoms with Gasteiger partial charge in [0.05, 0.1) is 0 Å². The maximum Gasteiger partial charge on any atom is 0.298 e. The van der Waals surface area contributed by atoms with Crippen molar-refractivity contribution in [3.05, 3.63) is 59.1 Å². The molecule has 0 bridgehead atoms. The van der Waals surface area contributed by atoms with Crippen LogP contribution in [0.15, 0.2) is 52.9 Å². The smallest absolute Gasteiger partial charge is 0.298 e. The molecule has 5 nitrogen and oxygen atoms in total. The third-order valence-electron chi connectivity index (χ3n) is 5.05. The summed E-state index contributed by atoms with van der Waals surface area (Å²) < 4.78 is 5.83. The molecule has 140 valence electrons. The van der Waals surface area contributed by atoms with E-state index in [4.69, 9.17) is 16.0 Å². The molecule has 1 aliphatic heterocycles. The topological polar surface area (TPSA) is 58.4 Å². The third kappa shape index (κ3) is 4.25. The molecule has 27 heavy (non-hydrogen) atoms. The first-order valence-corrected chi connectivity index (χ1v) is 9.69. The second-order valence-corrected chi connectivity index (χ2v) is 7.33. The number of nitrogens with one attached hydrogen (secondary N) is 1. The van der Waals surface area contributed by atoms with E-state index in [2.05, 4.69) is 15.2 Å². The highest BCUT2D eigenvalue weighted by Crippen LogP contribution is 2.26. The summed E-state index contributed by atoms with van der Waals surface area (Å²) in [4.78, 5) is 19.1. The Bertz CT molecular complexity index is 882. The number of hydrogen-bond donors (Lipinski definition) is 1. The highest BCUT2D eigenvalue weighted by molar-refractivity contribution is 6.30. The fourth-order valence-corrected chi connectivity index (χ4v) is 3.58. The van der Waals surface area contributed by atoms with Crippen LogP contribution >= 0.6 is 11.6 Å². The van der Waals surface area contributed by atoms with Crippen LogP contribution in [-0.4, -0.2) is 30.5 Å². The molecule has 0 saturated carbocycles. The van der Waals surface area contributed by atoms with Gasteiger partial charge in [0.15, 0.2) is 5.58 Å². The van der Waals surface area contributed by atoms with Gasteiger partial charge < -0.3 is 14.6 Å². The van der Waals surface area contributed by atoms with E-state index in [1.165, 1.54) is 5.56 Å². The van der Waals surface area contributed by atoms with Gasteiger partial charge in [-0.2, -0.15) is 4.98 Å². The van der Waals surface area contributed by atoms with Crippen molar-refractivity contribution in [2.75, 3.05) is 24.5 Å². The van der Waals surface area contributed by atoms with Crippen LogP contribution in [0.25, 0.3) is 11.1 Å². The lowest BCUT2D eigenvalue weighted by Crippen LogP contribution is -2.41. The number of carbonyl (C=O) groups is 1. The Morgan fingerprint density at radius 3 is 2.63 bits per heavy atom. The fourth-order valence-electron chi connectivity index (χ4n) is 3.45. The van der Waals surface area contributed by atoms with Crippen LogP contribution in [0.2, 0.25) is 5.02 Å². The lowest BCUT2D eigenvalue weighted by molar-refractivity contribution is -0.125. The largest absolute Gasteiger partial charge is 0.423 e. The van der Waals surface area contributed by atoms with Crippen molar-refractivity contribution >= 4 is 34.6 Å². The summed E-state index contributed by atoms with van der Waals surface area (Å²) >= 11 is 5.89. The lowest BCUT2D eigenvalue weighted by Gasteiger charge is -2.30. The van der Waals surface area contributed by atoms with Crippen LogP contribution in [0.1, 0.15) is 18.4 Å². The number of nitrogens with zero attached hydrogens (tertiary/aromatic N) is 2. The molecule has 1 saturated heterocycles. The molecule has 4 rings (SSSR count). The first kappa shape index (κ1) is 17.9. The number of hydrogen-bond acceptors (Lipinski definition) is 4. The van der Waals surface area contributed by atoms with Gasteiger partial charge in [-0.25, -0.2) is 0 Å². The van der Waals surface area contributed by atoms with Crippen LogP contribution in [-0.2, 0) is 11.2 Å². The Kier molecular flexibility index (Phi) is 5.30. The first-order chi connectivity index (χ1) is 13.2. The molecule has 2 heterocycles. The molecule has 6 heteroatoms. The Morgan fingerprint density at radius 1 is 1.15 bits per heavy atom. The average Bonchev–Trinajstić information content (AvgIpc) is 3.14. The zero-order valence-corrected chi connectivity index (χ0v) is 15.8. The summed E-state index contributed by atoms with van der Waals surface area (Å²) in [5, 5.41) is 3.79. The molecule has 1 aromatic heterocycles. The number of aromatic nitrogens is 1. The molecular weight excluding hydrogens is 362 g/mol. The minimum Gasteiger partial charge on any atom is -0.423 e. The SMILES string of the molecule is O=C(NCCc1ccc(Cl)cc1)C1CCN(c2nc3ccccc3o2)CC1. The van der Waals surface area contributed by atoms with E-state index in [1.54, 1.807) is 0 Å². The van der Waals surface area contributed by atoms with Gasteiger partial charge in [0.1, 0.15) is 5.52 Å². The Morgan fingerprint density at radius 2 is 1.89 bits per heavy atom. The number of carbonyl (C=O) groups excluding carboxylic acids is 1. The number of piperidine rings is 1. The van der Waals surface area contributed by atoms with Gasteiger partial charge in [-0.05, 0) is 49.1 Å². The number of oxazole rings is 1. The van der Waals surface area contributed by atoms with Crippen LogP contribution in [0, 0.1) is 5.92 Å². The van der Waals surface area contributed by atoms with E-state index in [1.807, 2.05) is 48.5 Å². The molecule has 0 atom stereocenters. The molecule has 0 radical (unpaired) electrons. The number of rotatable bonds is 5. The highest BCUT2D eigenvalue weighted by Gasteiger charge is 2.26. The molecule has 1 amide bonds. The molecule has 1 aliphatic rings. The van der Waals surface area contributed by atoms with Crippen molar-refractivity contribution in [3.63, 3.8) is 0 Å². The maximum atomic E-state index is 12.4. The van der Waals surface area contributed by atoms with Crippen LogP contribution < -0.4 is 10.2 Å². The molecule has 3 aromatic rings. The van der Waals surface area contributed by atoms with Crippen LogP contribution in [0.3, 0.4) is 0 Å². The lowest BCUT2D eigenvalue weighted by atomic mass is 9.96. The maximum absolute atomic E-state index is 12.4. The Hall–Kier alpha value is -2.53. The predicted molar refractivity (Wildman–Crippen MR) is 107 cm³/mol. The van der Waals surface area contributed by atoms with Crippen molar-refractivity contribution in [1.82, 2.24) is 10.3 Å². The van der Waals surface area contributed by atoms with Gasteiger partial charge in [-0.15, -0.1) is 0 Å². The molecule has 1 N–H and O–H groups in total. The number of anilines is 1. The second-order valence-electron chi connectivity index (χ2n) is 6.89. The van der Waals surface area contributed by atoms with Gasteiger partial charge in [0.2, 0.25) is 5.91 Å². The normalized spacial score (nSPS) is 15.2. The van der Waals surface area contributed by atoms with E-state index in [9.17, 15) is 4.79 Å².